The lowest BCUT2D eigenvalue weighted by atomic mass is 9.78. The van der Waals surface area contributed by atoms with Crippen molar-refractivity contribution < 1.29 is 9.90 Å². The number of rotatable bonds is 4. The van der Waals surface area contributed by atoms with Gasteiger partial charge in [0.1, 0.15) is 0 Å². The van der Waals surface area contributed by atoms with Gasteiger partial charge in [-0.25, -0.2) is 0 Å². The Labute approximate surface area is 112 Å². The van der Waals surface area contributed by atoms with Crippen molar-refractivity contribution in [3.8, 4) is 0 Å². The molecule has 1 aromatic rings. The number of hydrogen-bond donors (Lipinski definition) is 1. The molecule has 0 aliphatic heterocycles. The summed E-state index contributed by atoms with van der Waals surface area (Å²) in [6, 6.07) is 4.73. The topological polar surface area (TPSA) is 40.5 Å². The van der Waals surface area contributed by atoms with Crippen LogP contribution in [0.15, 0.2) is 17.5 Å². The molecular weight excluding hydrogens is 246 g/mol. The maximum Gasteiger partial charge on any atom is 0.306 e. The summed E-state index contributed by atoms with van der Waals surface area (Å²) in [6.45, 7) is 0. The molecule has 0 radical (unpaired) electrons. The van der Waals surface area contributed by atoms with E-state index in [2.05, 4.69) is 36.5 Å². The summed E-state index contributed by atoms with van der Waals surface area (Å²) in [5.41, 5.74) is 0. The molecule has 1 saturated carbocycles. The molecule has 1 atom stereocenters. The fraction of sp³-hybridized carbons (Fsp3) is 0.643. The summed E-state index contributed by atoms with van der Waals surface area (Å²) in [6.07, 6.45) is 3.71. The fourth-order valence-electron chi connectivity index (χ4n) is 3.05. The van der Waals surface area contributed by atoms with Crippen LogP contribution in [-0.2, 0) is 4.79 Å². The zero-order valence-electron chi connectivity index (χ0n) is 11.0. The predicted octanol–water partition coefficient (Wildman–Crippen LogP) is 3.24. The Morgan fingerprint density at radius 1 is 1.39 bits per heavy atom. The van der Waals surface area contributed by atoms with Crippen molar-refractivity contribution in [1.82, 2.24) is 4.90 Å². The highest BCUT2D eigenvalue weighted by Crippen LogP contribution is 2.40. The van der Waals surface area contributed by atoms with E-state index in [9.17, 15) is 4.79 Å². The molecule has 1 aliphatic carbocycles. The predicted molar refractivity (Wildman–Crippen MR) is 73.8 cm³/mol. The number of carbonyl (C=O) groups is 1. The molecule has 3 nitrogen and oxygen atoms in total. The summed E-state index contributed by atoms with van der Waals surface area (Å²) >= 11 is 1.80. The van der Waals surface area contributed by atoms with Crippen LogP contribution in [0.3, 0.4) is 0 Å². The smallest absolute Gasteiger partial charge is 0.306 e. The third kappa shape index (κ3) is 2.93. The van der Waals surface area contributed by atoms with Gasteiger partial charge in [-0.15, -0.1) is 11.3 Å². The summed E-state index contributed by atoms with van der Waals surface area (Å²) in [7, 11) is 4.24. The normalized spacial score (nSPS) is 26.2. The van der Waals surface area contributed by atoms with E-state index in [0.29, 0.717) is 12.0 Å². The molecule has 0 spiro atoms. The van der Waals surface area contributed by atoms with Crippen molar-refractivity contribution in [2.45, 2.75) is 31.7 Å². The first-order valence-corrected chi connectivity index (χ1v) is 7.40. The molecule has 1 unspecified atom stereocenters. The van der Waals surface area contributed by atoms with Gasteiger partial charge >= 0.3 is 5.97 Å². The lowest BCUT2D eigenvalue weighted by Crippen LogP contribution is -2.31. The minimum atomic E-state index is -0.619. The molecule has 18 heavy (non-hydrogen) atoms. The Balaban J connectivity index is 2.04. The van der Waals surface area contributed by atoms with Crippen LogP contribution in [0, 0.1) is 11.8 Å². The monoisotopic (exact) mass is 267 g/mol. The fourth-order valence-corrected chi connectivity index (χ4v) is 4.06. The zero-order valence-corrected chi connectivity index (χ0v) is 11.8. The van der Waals surface area contributed by atoms with E-state index < -0.39 is 5.97 Å². The third-order valence-corrected chi connectivity index (χ3v) is 4.90. The first-order valence-electron chi connectivity index (χ1n) is 6.52. The van der Waals surface area contributed by atoms with Crippen LogP contribution in [0.1, 0.15) is 36.6 Å². The second kappa shape index (κ2) is 5.85. The van der Waals surface area contributed by atoms with E-state index in [1.165, 1.54) is 4.88 Å². The number of carboxylic acid groups (broad SMARTS) is 1. The van der Waals surface area contributed by atoms with Gasteiger partial charge in [0.15, 0.2) is 0 Å². The van der Waals surface area contributed by atoms with E-state index in [-0.39, 0.29) is 5.92 Å². The summed E-state index contributed by atoms with van der Waals surface area (Å²) < 4.78 is 0. The van der Waals surface area contributed by atoms with Crippen LogP contribution < -0.4 is 0 Å². The zero-order chi connectivity index (χ0) is 13.1. The standard InChI is InChI=1S/C14H21NO2S/c1-15(2)13(12-4-3-9-18-12)10-5-7-11(8-6-10)14(16)17/h3-4,9-11,13H,5-8H2,1-2H3,(H,16,17). The number of nitrogens with zero attached hydrogens (tertiary/aromatic N) is 1. The molecule has 1 heterocycles. The van der Waals surface area contributed by atoms with Crippen LogP contribution >= 0.6 is 11.3 Å². The maximum atomic E-state index is 11.0. The summed E-state index contributed by atoms with van der Waals surface area (Å²) in [5, 5.41) is 11.2. The van der Waals surface area contributed by atoms with Gasteiger partial charge in [-0.05, 0) is 57.1 Å². The molecular formula is C14H21NO2S. The minimum Gasteiger partial charge on any atom is -0.481 e. The Morgan fingerprint density at radius 3 is 2.50 bits per heavy atom. The van der Waals surface area contributed by atoms with Crippen molar-refractivity contribution in [2.24, 2.45) is 11.8 Å². The van der Waals surface area contributed by atoms with Crippen molar-refractivity contribution in [1.29, 1.82) is 0 Å². The quantitative estimate of drug-likeness (QED) is 0.910. The Kier molecular flexibility index (Phi) is 4.40. The van der Waals surface area contributed by atoms with E-state index in [1.807, 2.05) is 0 Å². The van der Waals surface area contributed by atoms with Crippen LogP contribution in [0.25, 0.3) is 0 Å². The van der Waals surface area contributed by atoms with E-state index in [1.54, 1.807) is 11.3 Å². The van der Waals surface area contributed by atoms with E-state index in [0.717, 1.165) is 25.7 Å². The molecule has 0 bridgehead atoms. The molecule has 0 aromatic carbocycles. The molecule has 1 aliphatic rings. The molecule has 4 heteroatoms. The highest BCUT2D eigenvalue weighted by atomic mass is 32.1. The summed E-state index contributed by atoms with van der Waals surface area (Å²) in [4.78, 5) is 14.7. The second-order valence-electron chi connectivity index (χ2n) is 5.37. The first kappa shape index (κ1) is 13.6. The van der Waals surface area contributed by atoms with Crippen molar-refractivity contribution in [2.75, 3.05) is 14.1 Å². The van der Waals surface area contributed by atoms with Gasteiger partial charge in [-0.3, -0.25) is 4.79 Å². The Hall–Kier alpha value is -0.870. The average Bonchev–Trinajstić information content (AvgIpc) is 2.83. The molecule has 1 fully saturated rings. The highest BCUT2D eigenvalue weighted by molar-refractivity contribution is 7.10. The Morgan fingerprint density at radius 2 is 2.06 bits per heavy atom. The lowest BCUT2D eigenvalue weighted by molar-refractivity contribution is -0.143. The SMILES string of the molecule is CN(C)C(c1cccs1)C1CCC(C(=O)O)CC1. The number of hydrogen-bond acceptors (Lipinski definition) is 3. The third-order valence-electron chi connectivity index (χ3n) is 3.96. The Bertz CT molecular complexity index is 381. The van der Waals surface area contributed by atoms with Crippen LogP contribution in [0.5, 0.6) is 0 Å². The maximum absolute atomic E-state index is 11.0. The van der Waals surface area contributed by atoms with E-state index >= 15 is 0 Å². The van der Waals surface area contributed by atoms with Crippen molar-refractivity contribution >= 4 is 17.3 Å². The number of aliphatic carboxylic acids is 1. The van der Waals surface area contributed by atoms with Gasteiger partial charge in [0, 0.05) is 10.9 Å². The molecule has 1 aromatic heterocycles. The molecule has 2 rings (SSSR count). The van der Waals surface area contributed by atoms with Crippen LogP contribution in [0.4, 0.5) is 0 Å². The van der Waals surface area contributed by atoms with Gasteiger partial charge in [0.05, 0.1) is 5.92 Å². The van der Waals surface area contributed by atoms with E-state index in [4.69, 9.17) is 5.11 Å². The first-order chi connectivity index (χ1) is 8.59. The highest BCUT2D eigenvalue weighted by Gasteiger charge is 2.32. The number of thiophene rings is 1. The second-order valence-corrected chi connectivity index (χ2v) is 6.35. The van der Waals surface area contributed by atoms with Gasteiger partial charge in [0.2, 0.25) is 0 Å². The van der Waals surface area contributed by atoms with Gasteiger partial charge in [-0.1, -0.05) is 6.07 Å². The molecule has 0 amide bonds. The average molecular weight is 267 g/mol. The molecule has 100 valence electrons. The summed E-state index contributed by atoms with van der Waals surface area (Å²) in [5.74, 6) is -0.146. The van der Waals surface area contributed by atoms with Gasteiger partial charge in [-0.2, -0.15) is 0 Å². The van der Waals surface area contributed by atoms with Crippen LogP contribution in [-0.4, -0.2) is 30.1 Å². The van der Waals surface area contributed by atoms with Crippen molar-refractivity contribution in [3.63, 3.8) is 0 Å². The van der Waals surface area contributed by atoms with Gasteiger partial charge in [0.25, 0.3) is 0 Å². The largest absolute Gasteiger partial charge is 0.481 e. The molecule has 1 N–H and O–H groups in total. The lowest BCUT2D eigenvalue weighted by Gasteiger charge is -2.35. The number of carboxylic acids is 1. The minimum absolute atomic E-state index is 0.118. The van der Waals surface area contributed by atoms with Gasteiger partial charge < -0.3 is 10.0 Å². The molecule has 0 saturated heterocycles. The van der Waals surface area contributed by atoms with Crippen molar-refractivity contribution in [3.05, 3.63) is 22.4 Å². The van der Waals surface area contributed by atoms with Crippen LogP contribution in [0.2, 0.25) is 0 Å².